The van der Waals surface area contributed by atoms with Gasteiger partial charge in [-0.1, -0.05) is 145 Å². The third kappa shape index (κ3) is 5.09. The predicted octanol–water partition coefficient (Wildman–Crippen LogP) is 14.0. The molecule has 0 amide bonds. The molecule has 0 radical (unpaired) electrons. The summed E-state index contributed by atoms with van der Waals surface area (Å²) in [6, 6.07) is 59.1. The number of aromatic nitrogens is 4. The molecule has 58 heavy (non-hydrogen) atoms. The van der Waals surface area contributed by atoms with E-state index in [4.69, 9.17) is 16.8 Å². The number of benzene rings is 9. The minimum Gasteiger partial charge on any atom is -0.309 e. The number of nitrogens with zero attached hydrogens (tertiary/aromatic N) is 4. The van der Waals surface area contributed by atoms with Gasteiger partial charge in [0.25, 0.3) is 0 Å². The van der Waals surface area contributed by atoms with Gasteiger partial charge >= 0.3 is 0 Å². The van der Waals surface area contributed by atoms with Crippen molar-refractivity contribution in [1.82, 2.24) is 19.1 Å². The molecule has 0 aliphatic carbocycles. The summed E-state index contributed by atoms with van der Waals surface area (Å²) in [5.74, 6) is 0.591. The minimum atomic E-state index is -0.403. The maximum atomic E-state index is 8.53. The van der Waals surface area contributed by atoms with Gasteiger partial charge in [-0.25, -0.2) is 9.97 Å². The molecule has 270 valence electrons. The van der Waals surface area contributed by atoms with Crippen LogP contribution in [0.25, 0.3) is 110 Å². The maximum Gasteiger partial charge on any atom is 0.235 e. The van der Waals surface area contributed by atoms with E-state index in [2.05, 4.69) is 130 Å². The molecule has 4 heteroatoms. The third-order valence-corrected chi connectivity index (χ3v) is 11.4. The predicted molar refractivity (Wildman–Crippen MR) is 242 cm³/mol. The van der Waals surface area contributed by atoms with Crippen LogP contribution in [0.5, 0.6) is 0 Å². The normalized spacial score (nSPS) is 13.0. The van der Waals surface area contributed by atoms with Crippen molar-refractivity contribution < 1.29 is 6.85 Å². The number of hydrogen-bond acceptors (Lipinski definition) is 2. The van der Waals surface area contributed by atoms with Gasteiger partial charge in [0.2, 0.25) is 5.95 Å². The van der Waals surface area contributed by atoms with Gasteiger partial charge in [0.15, 0.2) is 0 Å². The molecule has 9 aromatic carbocycles. The fourth-order valence-corrected chi connectivity index (χ4v) is 8.69. The van der Waals surface area contributed by atoms with Crippen molar-refractivity contribution in [2.45, 2.75) is 0 Å². The largest absolute Gasteiger partial charge is 0.309 e. The standard InChI is InChI=1S/C54H34N4/c1-3-13-35(14-4-1)37-23-27-42(28-24-37)57-49-22-12-10-19-43(49)45-33-41(26-30-50(45)57)53-44-20-9-11-21-48(44)55-54(56-53)58-51-29-25-40(36-15-5-2-6-16-36)32-46(51)47-31-38-17-7-8-18-39(38)34-52(47)58/h1-34H/i1D,3D,4D,13D,14D. The number of hydrogen-bond donors (Lipinski definition) is 0. The van der Waals surface area contributed by atoms with Gasteiger partial charge in [-0.2, -0.15) is 0 Å². The van der Waals surface area contributed by atoms with E-state index in [1.165, 1.54) is 5.39 Å². The Morgan fingerprint density at radius 3 is 1.78 bits per heavy atom. The van der Waals surface area contributed by atoms with Crippen LogP contribution >= 0.6 is 0 Å². The van der Waals surface area contributed by atoms with Gasteiger partial charge < -0.3 is 4.57 Å². The molecule has 4 nitrogen and oxygen atoms in total. The zero-order chi connectivity index (χ0) is 42.5. The van der Waals surface area contributed by atoms with Crippen LogP contribution in [-0.2, 0) is 0 Å². The Labute approximate surface area is 341 Å². The minimum absolute atomic E-state index is 0.182. The van der Waals surface area contributed by atoms with Crippen molar-refractivity contribution in [1.29, 1.82) is 0 Å². The summed E-state index contributed by atoms with van der Waals surface area (Å²) in [5, 5.41) is 7.66. The van der Waals surface area contributed by atoms with Crippen molar-refractivity contribution in [2.75, 3.05) is 0 Å². The fourth-order valence-electron chi connectivity index (χ4n) is 8.69. The second-order valence-corrected chi connectivity index (χ2v) is 14.7. The zero-order valence-corrected chi connectivity index (χ0v) is 31.0. The fraction of sp³-hybridized carbons (Fsp3) is 0. The maximum absolute atomic E-state index is 8.53. The molecule has 0 spiro atoms. The van der Waals surface area contributed by atoms with Crippen LogP contribution in [0.15, 0.2) is 206 Å². The summed E-state index contributed by atoms with van der Waals surface area (Å²) < 4.78 is 45.9. The Kier molecular flexibility index (Phi) is 6.15. The Morgan fingerprint density at radius 1 is 0.362 bits per heavy atom. The van der Waals surface area contributed by atoms with Crippen molar-refractivity contribution in [3.05, 3.63) is 206 Å². The summed E-state index contributed by atoms with van der Waals surface area (Å²) in [7, 11) is 0. The van der Waals surface area contributed by atoms with Crippen LogP contribution < -0.4 is 0 Å². The molecule has 12 aromatic rings. The molecule has 0 aliphatic rings. The van der Waals surface area contributed by atoms with E-state index in [-0.39, 0.29) is 29.7 Å². The van der Waals surface area contributed by atoms with Crippen molar-refractivity contribution in [3.63, 3.8) is 0 Å². The quantitative estimate of drug-likeness (QED) is 0.176. The van der Waals surface area contributed by atoms with Gasteiger partial charge in [-0.3, -0.25) is 4.57 Å². The van der Waals surface area contributed by atoms with Gasteiger partial charge in [0, 0.05) is 38.2 Å². The molecule has 0 saturated carbocycles. The lowest BCUT2D eigenvalue weighted by molar-refractivity contribution is 1.01. The highest BCUT2D eigenvalue weighted by atomic mass is 15.2. The summed E-state index contributed by atoms with van der Waals surface area (Å²) in [6.07, 6.45) is 0. The van der Waals surface area contributed by atoms with Crippen molar-refractivity contribution in [2.24, 2.45) is 0 Å². The number of para-hydroxylation sites is 2. The molecule has 0 bridgehead atoms. The highest BCUT2D eigenvalue weighted by molar-refractivity contribution is 6.15. The molecule has 0 unspecified atom stereocenters. The van der Waals surface area contributed by atoms with Gasteiger partial charge in [0.1, 0.15) is 0 Å². The number of rotatable bonds is 5. The Balaban J connectivity index is 1.04. The van der Waals surface area contributed by atoms with E-state index in [9.17, 15) is 0 Å². The molecule has 12 rings (SSSR count). The molecule has 0 atom stereocenters. The first-order valence-corrected chi connectivity index (χ1v) is 19.3. The Hall–Kier alpha value is -7.82. The zero-order valence-electron chi connectivity index (χ0n) is 36.0. The first kappa shape index (κ1) is 27.7. The smallest absolute Gasteiger partial charge is 0.235 e. The summed E-state index contributed by atoms with van der Waals surface area (Å²) in [4.78, 5) is 10.7. The lowest BCUT2D eigenvalue weighted by atomic mass is 10.0. The van der Waals surface area contributed by atoms with E-state index in [0.717, 1.165) is 88.0 Å². The number of fused-ring (bicyclic) bond motifs is 8. The lowest BCUT2D eigenvalue weighted by Crippen LogP contribution is -2.03. The second kappa shape index (κ2) is 12.9. The van der Waals surface area contributed by atoms with Crippen LogP contribution in [0.3, 0.4) is 0 Å². The van der Waals surface area contributed by atoms with Crippen LogP contribution in [0.1, 0.15) is 6.85 Å². The van der Waals surface area contributed by atoms with Crippen molar-refractivity contribution in [3.8, 4) is 45.1 Å². The topological polar surface area (TPSA) is 35.6 Å². The average molecular weight is 744 g/mol. The molecule has 0 N–H and O–H groups in total. The van der Waals surface area contributed by atoms with Crippen LogP contribution in [-0.4, -0.2) is 19.1 Å². The average Bonchev–Trinajstić information content (AvgIpc) is 3.83. The summed E-state index contributed by atoms with van der Waals surface area (Å²) >= 11 is 0. The van der Waals surface area contributed by atoms with E-state index in [1.807, 2.05) is 54.6 Å². The van der Waals surface area contributed by atoms with Crippen LogP contribution in [0.4, 0.5) is 0 Å². The van der Waals surface area contributed by atoms with E-state index < -0.39 is 6.04 Å². The Bertz CT molecular complexity index is 3830. The van der Waals surface area contributed by atoms with E-state index >= 15 is 0 Å². The van der Waals surface area contributed by atoms with E-state index in [1.54, 1.807) is 0 Å². The first-order chi connectivity index (χ1) is 30.8. The van der Waals surface area contributed by atoms with Crippen molar-refractivity contribution >= 4 is 65.3 Å². The second-order valence-electron chi connectivity index (χ2n) is 14.7. The van der Waals surface area contributed by atoms with E-state index in [0.29, 0.717) is 11.5 Å². The first-order valence-electron chi connectivity index (χ1n) is 21.8. The van der Waals surface area contributed by atoms with Gasteiger partial charge in [-0.05, 0) is 93.7 Å². The highest BCUT2D eigenvalue weighted by Gasteiger charge is 2.20. The highest BCUT2D eigenvalue weighted by Crippen LogP contribution is 2.40. The third-order valence-electron chi connectivity index (χ3n) is 11.4. The summed E-state index contributed by atoms with van der Waals surface area (Å²) in [6.45, 7) is 0. The van der Waals surface area contributed by atoms with Gasteiger partial charge in [-0.15, -0.1) is 0 Å². The summed E-state index contributed by atoms with van der Waals surface area (Å²) in [5.41, 5.74) is 10.6. The lowest BCUT2D eigenvalue weighted by Gasteiger charge is -2.13. The molecule has 0 aliphatic heterocycles. The molecular formula is C54H34N4. The molecular weight excluding hydrogens is 705 g/mol. The van der Waals surface area contributed by atoms with Gasteiger partial charge in [0.05, 0.1) is 40.1 Å². The monoisotopic (exact) mass is 743 g/mol. The molecule has 0 fully saturated rings. The molecule has 0 saturated heterocycles. The van der Waals surface area contributed by atoms with Crippen LogP contribution in [0, 0.1) is 0 Å². The molecule has 3 aromatic heterocycles. The van der Waals surface area contributed by atoms with Crippen LogP contribution in [0.2, 0.25) is 0 Å². The molecule has 3 heterocycles. The SMILES string of the molecule is [2H]c1c([2H])c([2H])c(-c2ccc(-n3c4ccccc4c4cc(-c5nc(-n6c7ccc(-c8ccccc8)cc7c7cc8ccccc8cc76)nc6ccccc56)ccc43)cc2)c([2H])c1[2H]. The Morgan fingerprint density at radius 2 is 0.948 bits per heavy atom.